The molecule has 0 aliphatic carbocycles. The molecule has 0 aliphatic rings. The van der Waals surface area contributed by atoms with Crippen molar-refractivity contribution in [3.8, 4) is 0 Å². The van der Waals surface area contributed by atoms with Crippen molar-refractivity contribution in [2.45, 2.75) is 60.2 Å². The molecule has 0 heterocycles. The van der Waals surface area contributed by atoms with Gasteiger partial charge < -0.3 is 20.9 Å². The van der Waals surface area contributed by atoms with Gasteiger partial charge in [0, 0.05) is 17.9 Å². The lowest BCUT2D eigenvalue weighted by molar-refractivity contribution is -0.138. The van der Waals surface area contributed by atoms with Crippen molar-refractivity contribution in [1.29, 1.82) is 0 Å². The minimum atomic E-state index is -0.534. The van der Waals surface area contributed by atoms with E-state index in [-0.39, 0.29) is 11.5 Å². The summed E-state index contributed by atoms with van der Waals surface area (Å²) < 4.78 is 4.55. The van der Waals surface area contributed by atoms with Crippen LogP contribution in [0.4, 0.5) is 11.4 Å². The average Bonchev–Trinajstić information content (AvgIpc) is 2.50. The molecule has 24 heavy (non-hydrogen) atoms. The summed E-state index contributed by atoms with van der Waals surface area (Å²) in [4.78, 5) is 9.60. The van der Waals surface area contributed by atoms with E-state index in [1.165, 1.54) is 0 Å². The number of carbonyl (C=O) groups excluding carboxylic acids is 1. The Morgan fingerprint density at radius 1 is 1.17 bits per heavy atom. The van der Waals surface area contributed by atoms with Crippen molar-refractivity contribution in [2.24, 2.45) is 0 Å². The zero-order chi connectivity index (χ0) is 19.1. The number of halogens is 1. The Morgan fingerprint density at radius 3 is 1.92 bits per heavy atom. The van der Waals surface area contributed by atoms with E-state index >= 15 is 0 Å². The maximum atomic E-state index is 9.60. The third kappa shape index (κ3) is 6.97. The van der Waals surface area contributed by atoms with Crippen LogP contribution in [0.15, 0.2) is 0 Å². The monoisotopic (exact) mass is 358 g/mol. The molecule has 4 N–H and O–H groups in total. The summed E-state index contributed by atoms with van der Waals surface area (Å²) in [7, 11) is 0. The van der Waals surface area contributed by atoms with Crippen molar-refractivity contribution in [3.63, 3.8) is 0 Å². The number of anilines is 2. The molecule has 0 spiro atoms. The average molecular weight is 359 g/mol. The number of aliphatic hydroxyl groups excluding tert-OH is 1. The van der Waals surface area contributed by atoms with Crippen LogP contribution in [0.5, 0.6) is 0 Å². The molecule has 1 aromatic rings. The lowest BCUT2D eigenvalue weighted by Gasteiger charge is -2.20. The van der Waals surface area contributed by atoms with Gasteiger partial charge in [0.15, 0.2) is 0 Å². The number of nitrogens with one attached hydrogen (secondary N) is 1. The fourth-order valence-corrected chi connectivity index (χ4v) is 2.13. The van der Waals surface area contributed by atoms with Gasteiger partial charge in [-0.3, -0.25) is 4.79 Å². The van der Waals surface area contributed by atoms with Crippen LogP contribution in [-0.2, 0) is 9.53 Å². The van der Waals surface area contributed by atoms with Gasteiger partial charge in [-0.05, 0) is 70.7 Å². The second kappa shape index (κ2) is 9.74. The Labute approximate surface area is 150 Å². The van der Waals surface area contributed by atoms with Gasteiger partial charge in [-0.1, -0.05) is 0 Å². The topological polar surface area (TPSA) is 84.6 Å². The van der Waals surface area contributed by atoms with E-state index < -0.39 is 6.10 Å². The van der Waals surface area contributed by atoms with E-state index in [0.29, 0.717) is 13.0 Å². The van der Waals surface area contributed by atoms with Crippen molar-refractivity contribution < 1.29 is 14.6 Å². The van der Waals surface area contributed by atoms with Crippen LogP contribution in [0.2, 0.25) is 0 Å². The number of nitrogens with two attached hydrogens (primary N) is 1. The van der Waals surface area contributed by atoms with Crippen LogP contribution in [0.3, 0.4) is 0 Å². The van der Waals surface area contributed by atoms with Crippen molar-refractivity contribution >= 4 is 29.4 Å². The molecule has 1 aromatic carbocycles. The van der Waals surface area contributed by atoms with Gasteiger partial charge in [0.05, 0.1) is 12.0 Å². The Balaban J connectivity index is 0.000000640. The summed E-state index contributed by atoms with van der Waals surface area (Å²) in [6.07, 6.45) is -0.534. The molecule has 0 saturated heterocycles. The van der Waals surface area contributed by atoms with E-state index in [2.05, 4.69) is 10.1 Å². The van der Waals surface area contributed by atoms with Gasteiger partial charge in [0.1, 0.15) is 5.60 Å². The lowest BCUT2D eigenvalue weighted by atomic mass is 9.96. The van der Waals surface area contributed by atoms with Gasteiger partial charge in [0.25, 0.3) is 6.47 Å². The second-order valence-corrected chi connectivity index (χ2v) is 7.11. The van der Waals surface area contributed by atoms with E-state index in [1.54, 1.807) is 0 Å². The second-order valence-electron chi connectivity index (χ2n) is 6.80. The van der Waals surface area contributed by atoms with Crippen molar-refractivity contribution in [1.82, 2.24) is 0 Å². The number of carbonyl (C=O) groups is 1. The van der Waals surface area contributed by atoms with Crippen molar-refractivity contribution in [3.05, 3.63) is 22.3 Å². The Morgan fingerprint density at radius 2 is 1.62 bits per heavy atom. The molecule has 0 saturated carbocycles. The van der Waals surface area contributed by atoms with Gasteiger partial charge >= 0.3 is 0 Å². The fourth-order valence-electron chi connectivity index (χ4n) is 2.03. The molecule has 1 unspecified atom stereocenters. The Kier molecular flexibility index (Phi) is 9.15. The van der Waals surface area contributed by atoms with E-state index in [0.717, 1.165) is 33.6 Å². The highest BCUT2D eigenvalue weighted by molar-refractivity contribution is 6.18. The zero-order valence-electron chi connectivity index (χ0n) is 15.8. The number of hydrogen-bond acceptors (Lipinski definition) is 5. The summed E-state index contributed by atoms with van der Waals surface area (Å²) in [6.45, 7) is 14.5. The summed E-state index contributed by atoms with van der Waals surface area (Å²) in [5.74, 6) is 0.234. The smallest absolute Gasteiger partial charge is 0.293 e. The van der Waals surface area contributed by atoms with Gasteiger partial charge in [-0.15, -0.1) is 11.6 Å². The van der Waals surface area contributed by atoms with Crippen LogP contribution in [0, 0.1) is 27.7 Å². The molecule has 0 aromatic heterocycles. The molecule has 0 aliphatic heterocycles. The Bertz CT molecular complexity index is 525. The SMILES string of the molecule is CC(C)(C)OC=O.Cc1c(C)c(NCC(O)CCl)c(C)c(C)c1N. The minimum Gasteiger partial charge on any atom is -0.462 e. The molecule has 0 fully saturated rings. The predicted molar refractivity (Wildman–Crippen MR) is 102 cm³/mol. The van der Waals surface area contributed by atoms with Crippen molar-refractivity contribution in [2.75, 3.05) is 23.5 Å². The van der Waals surface area contributed by atoms with E-state index in [9.17, 15) is 9.90 Å². The highest BCUT2D eigenvalue weighted by atomic mass is 35.5. The van der Waals surface area contributed by atoms with Crippen LogP contribution in [0.1, 0.15) is 43.0 Å². The summed E-state index contributed by atoms with van der Waals surface area (Å²) in [5, 5.41) is 12.7. The first kappa shape index (κ1) is 22.5. The molecule has 6 heteroatoms. The first-order chi connectivity index (χ1) is 11.0. The third-order valence-electron chi connectivity index (χ3n) is 3.78. The first-order valence-electron chi connectivity index (χ1n) is 7.91. The van der Waals surface area contributed by atoms with Gasteiger partial charge in [-0.25, -0.2) is 0 Å². The molecule has 0 radical (unpaired) electrons. The lowest BCUT2D eigenvalue weighted by Crippen LogP contribution is -2.22. The summed E-state index contributed by atoms with van der Waals surface area (Å²) in [6, 6.07) is 0. The quantitative estimate of drug-likeness (QED) is 0.426. The molecule has 138 valence electrons. The number of rotatable bonds is 5. The van der Waals surface area contributed by atoms with Gasteiger partial charge in [-0.2, -0.15) is 0 Å². The van der Waals surface area contributed by atoms with E-state index in [1.807, 2.05) is 48.5 Å². The van der Waals surface area contributed by atoms with Crippen LogP contribution < -0.4 is 11.1 Å². The number of alkyl halides is 1. The largest absolute Gasteiger partial charge is 0.462 e. The molecule has 1 rings (SSSR count). The fraction of sp³-hybridized carbons (Fsp3) is 0.611. The summed E-state index contributed by atoms with van der Waals surface area (Å²) >= 11 is 5.58. The molecule has 1 atom stereocenters. The third-order valence-corrected chi connectivity index (χ3v) is 4.13. The van der Waals surface area contributed by atoms with E-state index in [4.69, 9.17) is 17.3 Å². The number of nitrogen functional groups attached to an aromatic ring is 1. The number of hydrogen-bond donors (Lipinski definition) is 3. The van der Waals surface area contributed by atoms with Gasteiger partial charge in [0.2, 0.25) is 0 Å². The maximum Gasteiger partial charge on any atom is 0.293 e. The molecule has 0 bridgehead atoms. The predicted octanol–water partition coefficient (Wildman–Crippen LogP) is 3.47. The number of aliphatic hydroxyl groups is 1. The first-order valence-corrected chi connectivity index (χ1v) is 8.44. The maximum absolute atomic E-state index is 9.60. The highest BCUT2D eigenvalue weighted by Gasteiger charge is 2.13. The molecular weight excluding hydrogens is 328 g/mol. The standard InChI is InChI=1S/C13H21ClN2O.C5H10O2/c1-7-9(3)13(16-6-11(17)5-14)10(4)8(2)12(7)15;1-5(2,3)7-4-6/h11,16-17H,5-6,15H2,1-4H3;4H,1-3H3. The Hall–Kier alpha value is -1.46. The normalized spacial score (nSPS) is 12.0. The van der Waals surface area contributed by atoms with Crippen LogP contribution in [0.25, 0.3) is 0 Å². The molecule has 0 amide bonds. The minimum absolute atomic E-state index is 0.234. The molecular formula is C18H31ClN2O3. The highest BCUT2D eigenvalue weighted by Crippen LogP contribution is 2.32. The van der Waals surface area contributed by atoms with Crippen LogP contribution in [-0.4, -0.2) is 35.7 Å². The van der Waals surface area contributed by atoms with Crippen LogP contribution >= 0.6 is 11.6 Å². The number of ether oxygens (including phenoxy) is 1. The molecule has 5 nitrogen and oxygen atoms in total. The zero-order valence-corrected chi connectivity index (χ0v) is 16.5. The summed E-state index contributed by atoms with van der Waals surface area (Å²) in [5.41, 5.74) is 12.1. The number of benzene rings is 1.